The number of benzene rings is 1. The molecule has 1 aromatic carbocycles. The molecule has 0 amide bonds. The van der Waals surface area contributed by atoms with Crippen LogP contribution in [0.4, 0.5) is 0 Å². The van der Waals surface area contributed by atoms with E-state index in [1.165, 1.54) is 11.1 Å². The molecule has 0 N–H and O–H groups in total. The third-order valence-electron chi connectivity index (χ3n) is 4.24. The van der Waals surface area contributed by atoms with Gasteiger partial charge in [-0.2, -0.15) is 0 Å². The maximum Gasteiger partial charge on any atom is 0.168 e. The Kier molecular flexibility index (Phi) is 3.87. The first-order valence-electron chi connectivity index (χ1n) is 7.21. The van der Waals surface area contributed by atoms with Crippen molar-refractivity contribution in [2.45, 2.75) is 51.1 Å². The van der Waals surface area contributed by atoms with Gasteiger partial charge in [-0.1, -0.05) is 24.3 Å². The second-order valence-corrected chi connectivity index (χ2v) is 5.54. The van der Waals surface area contributed by atoms with E-state index >= 15 is 0 Å². The second kappa shape index (κ2) is 5.61. The Balaban J connectivity index is 1.49. The molecule has 1 aliphatic carbocycles. The van der Waals surface area contributed by atoms with Crippen molar-refractivity contribution in [3.05, 3.63) is 35.4 Å². The van der Waals surface area contributed by atoms with Crippen LogP contribution >= 0.6 is 0 Å². The van der Waals surface area contributed by atoms with Crippen molar-refractivity contribution in [1.82, 2.24) is 0 Å². The monoisotopic (exact) mass is 262 g/mol. The van der Waals surface area contributed by atoms with Gasteiger partial charge in [-0.15, -0.1) is 0 Å². The van der Waals surface area contributed by atoms with Crippen LogP contribution in [0.1, 0.15) is 36.8 Å². The molecule has 1 saturated carbocycles. The summed E-state index contributed by atoms with van der Waals surface area (Å²) >= 11 is 0. The molecule has 2 fully saturated rings. The maximum absolute atomic E-state index is 6.04. The molecule has 104 valence electrons. The molecule has 1 aliphatic heterocycles. The Morgan fingerprint density at radius 3 is 2.53 bits per heavy atom. The summed E-state index contributed by atoms with van der Waals surface area (Å²) in [6.45, 7) is 4.34. The first-order chi connectivity index (χ1) is 9.27. The molecule has 3 nitrogen and oxygen atoms in total. The van der Waals surface area contributed by atoms with Crippen molar-refractivity contribution in [2.24, 2.45) is 0 Å². The van der Waals surface area contributed by atoms with Gasteiger partial charge in [0, 0.05) is 12.8 Å². The SMILES string of the molecule is Cc1ccccc1COC1CCC2(CC1)OCCO2. The second-order valence-electron chi connectivity index (χ2n) is 5.54. The molecule has 0 unspecified atom stereocenters. The topological polar surface area (TPSA) is 27.7 Å². The highest BCUT2D eigenvalue weighted by atomic mass is 16.7. The minimum atomic E-state index is -0.275. The number of ether oxygens (including phenoxy) is 3. The summed E-state index contributed by atoms with van der Waals surface area (Å²) < 4.78 is 17.5. The van der Waals surface area contributed by atoms with Crippen LogP contribution in [0.5, 0.6) is 0 Å². The predicted octanol–water partition coefficient (Wildman–Crippen LogP) is 3.20. The highest BCUT2D eigenvalue weighted by Gasteiger charge is 2.40. The fourth-order valence-corrected chi connectivity index (χ4v) is 2.96. The summed E-state index contributed by atoms with van der Waals surface area (Å²) in [6.07, 6.45) is 4.34. The van der Waals surface area contributed by atoms with E-state index in [1.807, 2.05) is 0 Å². The van der Waals surface area contributed by atoms with E-state index in [0.717, 1.165) is 38.9 Å². The van der Waals surface area contributed by atoms with Crippen molar-refractivity contribution in [2.75, 3.05) is 13.2 Å². The molecule has 3 heteroatoms. The van der Waals surface area contributed by atoms with Gasteiger partial charge in [0.15, 0.2) is 5.79 Å². The van der Waals surface area contributed by atoms with Gasteiger partial charge in [0.25, 0.3) is 0 Å². The zero-order chi connectivity index (χ0) is 13.1. The van der Waals surface area contributed by atoms with Crippen LogP contribution in [0.25, 0.3) is 0 Å². The van der Waals surface area contributed by atoms with Crippen LogP contribution < -0.4 is 0 Å². The number of aryl methyl sites for hydroxylation is 1. The van der Waals surface area contributed by atoms with Gasteiger partial charge in [0.05, 0.1) is 25.9 Å². The normalized spacial score (nSPS) is 23.0. The first-order valence-corrected chi connectivity index (χ1v) is 7.21. The molecule has 2 aliphatic rings. The average molecular weight is 262 g/mol. The molecule has 1 aromatic rings. The molecule has 0 atom stereocenters. The third kappa shape index (κ3) is 2.99. The summed E-state index contributed by atoms with van der Waals surface area (Å²) in [5, 5.41) is 0. The van der Waals surface area contributed by atoms with E-state index in [2.05, 4.69) is 31.2 Å². The Morgan fingerprint density at radius 1 is 1.16 bits per heavy atom. The number of hydrogen-bond acceptors (Lipinski definition) is 3. The predicted molar refractivity (Wildman–Crippen MR) is 72.9 cm³/mol. The number of hydrogen-bond donors (Lipinski definition) is 0. The Labute approximate surface area is 114 Å². The Bertz CT molecular complexity index is 414. The van der Waals surface area contributed by atoms with E-state index in [1.54, 1.807) is 0 Å². The van der Waals surface area contributed by atoms with Gasteiger partial charge in [-0.05, 0) is 30.9 Å². The fourth-order valence-electron chi connectivity index (χ4n) is 2.96. The minimum absolute atomic E-state index is 0.275. The van der Waals surface area contributed by atoms with Gasteiger partial charge in [-0.3, -0.25) is 0 Å². The quantitative estimate of drug-likeness (QED) is 0.837. The molecule has 0 aromatic heterocycles. The smallest absolute Gasteiger partial charge is 0.168 e. The van der Waals surface area contributed by atoms with Crippen LogP contribution in [0.15, 0.2) is 24.3 Å². The highest BCUT2D eigenvalue weighted by Crippen LogP contribution is 2.36. The van der Waals surface area contributed by atoms with E-state index in [-0.39, 0.29) is 5.79 Å². The lowest BCUT2D eigenvalue weighted by atomic mass is 9.92. The molecule has 0 bridgehead atoms. The van der Waals surface area contributed by atoms with Gasteiger partial charge in [0.2, 0.25) is 0 Å². The summed E-state index contributed by atoms with van der Waals surface area (Å²) in [4.78, 5) is 0. The van der Waals surface area contributed by atoms with Crippen LogP contribution in [-0.4, -0.2) is 25.1 Å². The molecule has 1 heterocycles. The third-order valence-corrected chi connectivity index (χ3v) is 4.24. The molecular weight excluding hydrogens is 240 g/mol. The molecule has 1 spiro atoms. The molecule has 1 saturated heterocycles. The minimum Gasteiger partial charge on any atom is -0.374 e. The lowest BCUT2D eigenvalue weighted by Crippen LogP contribution is -2.37. The van der Waals surface area contributed by atoms with Crippen molar-refractivity contribution >= 4 is 0 Å². The van der Waals surface area contributed by atoms with Crippen molar-refractivity contribution < 1.29 is 14.2 Å². The lowest BCUT2D eigenvalue weighted by molar-refractivity contribution is -0.192. The molecule has 0 radical (unpaired) electrons. The van der Waals surface area contributed by atoms with Crippen LogP contribution in [0.2, 0.25) is 0 Å². The fraction of sp³-hybridized carbons (Fsp3) is 0.625. The summed E-state index contributed by atoms with van der Waals surface area (Å²) in [5.74, 6) is -0.275. The molecule has 3 rings (SSSR count). The summed E-state index contributed by atoms with van der Waals surface area (Å²) in [7, 11) is 0. The Morgan fingerprint density at radius 2 is 1.84 bits per heavy atom. The van der Waals surface area contributed by atoms with E-state index in [9.17, 15) is 0 Å². The summed E-state index contributed by atoms with van der Waals surface area (Å²) in [5.41, 5.74) is 2.59. The van der Waals surface area contributed by atoms with E-state index in [4.69, 9.17) is 14.2 Å². The standard InChI is InChI=1S/C16H22O3/c1-13-4-2-3-5-14(13)12-17-15-6-8-16(9-7-15)18-10-11-19-16/h2-5,15H,6-12H2,1H3. The number of rotatable bonds is 3. The van der Waals surface area contributed by atoms with Crippen molar-refractivity contribution in [3.8, 4) is 0 Å². The van der Waals surface area contributed by atoms with E-state index in [0.29, 0.717) is 12.7 Å². The van der Waals surface area contributed by atoms with Crippen LogP contribution in [0.3, 0.4) is 0 Å². The maximum atomic E-state index is 6.04. The lowest BCUT2D eigenvalue weighted by Gasteiger charge is -2.35. The largest absolute Gasteiger partial charge is 0.374 e. The van der Waals surface area contributed by atoms with Crippen molar-refractivity contribution in [1.29, 1.82) is 0 Å². The first kappa shape index (κ1) is 13.1. The van der Waals surface area contributed by atoms with Gasteiger partial charge >= 0.3 is 0 Å². The Hall–Kier alpha value is -0.900. The van der Waals surface area contributed by atoms with E-state index < -0.39 is 0 Å². The van der Waals surface area contributed by atoms with Gasteiger partial charge in [0.1, 0.15) is 0 Å². The molecular formula is C16H22O3. The zero-order valence-electron chi connectivity index (χ0n) is 11.6. The van der Waals surface area contributed by atoms with Crippen molar-refractivity contribution in [3.63, 3.8) is 0 Å². The van der Waals surface area contributed by atoms with Gasteiger partial charge in [-0.25, -0.2) is 0 Å². The summed E-state index contributed by atoms with van der Waals surface area (Å²) in [6, 6.07) is 8.41. The molecule has 19 heavy (non-hydrogen) atoms. The van der Waals surface area contributed by atoms with Crippen LogP contribution in [0, 0.1) is 6.92 Å². The van der Waals surface area contributed by atoms with Gasteiger partial charge < -0.3 is 14.2 Å². The van der Waals surface area contributed by atoms with Crippen LogP contribution in [-0.2, 0) is 20.8 Å². The highest BCUT2D eigenvalue weighted by molar-refractivity contribution is 5.24. The average Bonchev–Trinajstić information content (AvgIpc) is 2.88. The zero-order valence-corrected chi connectivity index (χ0v) is 11.6.